The Morgan fingerprint density at radius 3 is 2.85 bits per heavy atom. The molecule has 26 heavy (non-hydrogen) atoms. The Morgan fingerprint density at radius 2 is 2.04 bits per heavy atom. The molecule has 3 aromatic rings. The highest BCUT2D eigenvalue weighted by atomic mass is 16.5. The van der Waals surface area contributed by atoms with E-state index in [2.05, 4.69) is 39.1 Å². The maximum absolute atomic E-state index is 5.43. The lowest BCUT2D eigenvalue weighted by Crippen LogP contribution is -2.34. The summed E-state index contributed by atoms with van der Waals surface area (Å²) < 4.78 is 10.8. The van der Waals surface area contributed by atoms with E-state index in [4.69, 9.17) is 9.47 Å². The first-order chi connectivity index (χ1) is 12.8. The molecular weight excluding hydrogens is 326 g/mol. The van der Waals surface area contributed by atoms with Gasteiger partial charge in [-0.3, -0.25) is 9.88 Å². The second-order valence-electron chi connectivity index (χ2n) is 6.92. The van der Waals surface area contributed by atoms with Crippen LogP contribution in [0.15, 0.2) is 42.6 Å². The number of aromatic nitrogens is 2. The minimum absolute atomic E-state index is 0.526. The van der Waals surface area contributed by atoms with Crippen LogP contribution < -0.4 is 9.47 Å². The number of rotatable bonds is 5. The van der Waals surface area contributed by atoms with E-state index < -0.39 is 0 Å². The number of nitrogens with one attached hydrogen (secondary N) is 1. The van der Waals surface area contributed by atoms with Gasteiger partial charge in [-0.1, -0.05) is 6.07 Å². The fourth-order valence-electron chi connectivity index (χ4n) is 3.89. The summed E-state index contributed by atoms with van der Waals surface area (Å²) in [6.45, 7) is 3.11. The zero-order valence-corrected chi connectivity index (χ0v) is 15.4. The molecule has 0 radical (unpaired) electrons. The number of piperidine rings is 1. The minimum Gasteiger partial charge on any atom is -0.493 e. The van der Waals surface area contributed by atoms with Crippen molar-refractivity contribution in [2.24, 2.45) is 0 Å². The Hall–Kier alpha value is -2.53. The van der Waals surface area contributed by atoms with Gasteiger partial charge in [-0.2, -0.15) is 0 Å². The summed E-state index contributed by atoms with van der Waals surface area (Å²) in [5, 5.41) is 0. The number of nitrogens with zero attached hydrogens (tertiary/aromatic N) is 2. The molecule has 1 aliphatic rings. The van der Waals surface area contributed by atoms with Gasteiger partial charge >= 0.3 is 0 Å². The third-order valence-electron chi connectivity index (χ3n) is 5.21. The van der Waals surface area contributed by atoms with Crippen LogP contribution in [-0.4, -0.2) is 42.2 Å². The van der Waals surface area contributed by atoms with Crippen molar-refractivity contribution in [3.05, 3.63) is 53.9 Å². The number of aromatic amines is 1. The summed E-state index contributed by atoms with van der Waals surface area (Å²) in [6, 6.07) is 12.5. The van der Waals surface area contributed by atoms with E-state index in [-0.39, 0.29) is 0 Å². The number of pyridine rings is 1. The van der Waals surface area contributed by atoms with Gasteiger partial charge in [0.1, 0.15) is 0 Å². The molecule has 1 fully saturated rings. The maximum atomic E-state index is 5.43. The highest BCUT2D eigenvalue weighted by Crippen LogP contribution is 2.31. The Bertz CT molecular complexity index is 857. The standard InChI is InChI=1S/C21H25N3O2/c1-25-20-8-7-15(11-21(20)26-2)13-24-10-4-5-16(14-24)18-12-19-17(23-18)6-3-9-22-19/h3,6-9,11-12,16,23H,4-5,10,13-14H2,1-2H3/t16-/m0/s1. The Balaban J connectivity index is 1.48. The van der Waals surface area contributed by atoms with E-state index in [9.17, 15) is 0 Å². The molecule has 136 valence electrons. The molecule has 3 heterocycles. The van der Waals surface area contributed by atoms with Gasteiger partial charge in [0.2, 0.25) is 0 Å². The van der Waals surface area contributed by atoms with Crippen molar-refractivity contribution >= 4 is 11.0 Å². The Morgan fingerprint density at radius 1 is 1.15 bits per heavy atom. The quantitative estimate of drug-likeness (QED) is 0.756. The summed E-state index contributed by atoms with van der Waals surface area (Å²) in [4.78, 5) is 10.5. The maximum Gasteiger partial charge on any atom is 0.161 e. The lowest BCUT2D eigenvalue weighted by molar-refractivity contribution is 0.198. The van der Waals surface area contributed by atoms with Crippen molar-refractivity contribution < 1.29 is 9.47 Å². The first-order valence-electron chi connectivity index (χ1n) is 9.13. The van der Waals surface area contributed by atoms with Crippen LogP contribution in [0.3, 0.4) is 0 Å². The number of hydrogen-bond acceptors (Lipinski definition) is 4. The van der Waals surface area contributed by atoms with Crippen LogP contribution >= 0.6 is 0 Å². The topological polar surface area (TPSA) is 50.4 Å². The van der Waals surface area contributed by atoms with Gasteiger partial charge in [-0.25, -0.2) is 0 Å². The van der Waals surface area contributed by atoms with Gasteiger partial charge in [-0.05, 0) is 55.3 Å². The molecular formula is C21H25N3O2. The van der Waals surface area contributed by atoms with Crippen LogP contribution in [0.2, 0.25) is 0 Å². The van der Waals surface area contributed by atoms with Crippen molar-refractivity contribution in [1.82, 2.24) is 14.9 Å². The lowest BCUT2D eigenvalue weighted by Gasteiger charge is -2.32. The Labute approximate surface area is 153 Å². The smallest absolute Gasteiger partial charge is 0.161 e. The molecule has 0 spiro atoms. The molecule has 0 bridgehead atoms. The second kappa shape index (κ2) is 7.38. The minimum atomic E-state index is 0.526. The van der Waals surface area contributed by atoms with E-state index in [1.54, 1.807) is 14.2 Å². The lowest BCUT2D eigenvalue weighted by atomic mass is 9.94. The van der Waals surface area contributed by atoms with Crippen molar-refractivity contribution in [2.45, 2.75) is 25.3 Å². The first-order valence-corrected chi connectivity index (χ1v) is 9.13. The Kier molecular flexibility index (Phi) is 4.80. The average molecular weight is 351 g/mol. The molecule has 0 unspecified atom stereocenters. The van der Waals surface area contributed by atoms with Crippen molar-refractivity contribution in [2.75, 3.05) is 27.3 Å². The molecule has 5 nitrogen and oxygen atoms in total. The second-order valence-corrected chi connectivity index (χ2v) is 6.92. The molecule has 0 amide bonds. The number of ether oxygens (including phenoxy) is 2. The third-order valence-corrected chi connectivity index (χ3v) is 5.21. The summed E-state index contributed by atoms with van der Waals surface area (Å²) in [5.41, 5.74) is 4.73. The monoisotopic (exact) mass is 351 g/mol. The van der Waals surface area contributed by atoms with Gasteiger partial charge in [0.25, 0.3) is 0 Å². The summed E-state index contributed by atoms with van der Waals surface area (Å²) in [7, 11) is 3.35. The number of methoxy groups -OCH3 is 2. The molecule has 1 saturated heterocycles. The number of H-pyrrole nitrogens is 1. The molecule has 1 aliphatic heterocycles. The zero-order chi connectivity index (χ0) is 17.9. The summed E-state index contributed by atoms with van der Waals surface area (Å²) >= 11 is 0. The molecule has 2 aromatic heterocycles. The van der Waals surface area contributed by atoms with Gasteiger partial charge < -0.3 is 14.5 Å². The highest BCUT2D eigenvalue weighted by molar-refractivity contribution is 5.75. The van der Waals surface area contributed by atoms with Crippen LogP contribution in [0.1, 0.15) is 30.0 Å². The van der Waals surface area contributed by atoms with E-state index in [1.165, 1.54) is 24.1 Å². The zero-order valence-electron chi connectivity index (χ0n) is 15.4. The number of benzene rings is 1. The van der Waals surface area contributed by atoms with Crippen LogP contribution in [0.5, 0.6) is 11.5 Å². The van der Waals surface area contributed by atoms with Crippen LogP contribution in [0, 0.1) is 0 Å². The van der Waals surface area contributed by atoms with Crippen LogP contribution in [0.4, 0.5) is 0 Å². The van der Waals surface area contributed by atoms with E-state index >= 15 is 0 Å². The summed E-state index contributed by atoms with van der Waals surface area (Å²) in [5.74, 6) is 2.09. The molecule has 1 N–H and O–H groups in total. The number of fused-ring (bicyclic) bond motifs is 1. The molecule has 0 saturated carbocycles. The number of likely N-dealkylation sites (tertiary alicyclic amines) is 1. The van der Waals surface area contributed by atoms with Crippen molar-refractivity contribution in [3.63, 3.8) is 0 Å². The van der Waals surface area contributed by atoms with E-state index in [0.29, 0.717) is 5.92 Å². The van der Waals surface area contributed by atoms with Gasteiger partial charge in [0.15, 0.2) is 11.5 Å². The molecule has 0 aliphatic carbocycles. The SMILES string of the molecule is COc1ccc(CN2CCC[C@H](c3cc4ncccc4[nH]3)C2)cc1OC. The molecule has 1 aromatic carbocycles. The fraction of sp³-hybridized carbons (Fsp3) is 0.381. The van der Waals surface area contributed by atoms with E-state index in [1.807, 2.05) is 18.3 Å². The van der Waals surface area contributed by atoms with Gasteiger partial charge in [0, 0.05) is 30.9 Å². The molecule has 5 heteroatoms. The van der Waals surface area contributed by atoms with Crippen LogP contribution in [0.25, 0.3) is 11.0 Å². The van der Waals surface area contributed by atoms with E-state index in [0.717, 1.165) is 42.2 Å². The normalized spacial score (nSPS) is 18.2. The van der Waals surface area contributed by atoms with Crippen LogP contribution in [-0.2, 0) is 6.54 Å². The summed E-state index contributed by atoms with van der Waals surface area (Å²) in [6.07, 6.45) is 4.28. The average Bonchev–Trinajstić information content (AvgIpc) is 3.12. The predicted molar refractivity (Wildman–Crippen MR) is 103 cm³/mol. The van der Waals surface area contributed by atoms with Crippen molar-refractivity contribution in [1.29, 1.82) is 0 Å². The highest BCUT2D eigenvalue weighted by Gasteiger charge is 2.23. The van der Waals surface area contributed by atoms with Crippen molar-refractivity contribution in [3.8, 4) is 11.5 Å². The number of hydrogen-bond donors (Lipinski definition) is 1. The fourth-order valence-corrected chi connectivity index (χ4v) is 3.89. The van der Waals surface area contributed by atoms with Gasteiger partial charge in [0.05, 0.1) is 25.3 Å². The van der Waals surface area contributed by atoms with Gasteiger partial charge in [-0.15, -0.1) is 0 Å². The molecule has 4 rings (SSSR count). The molecule has 1 atom stereocenters. The third kappa shape index (κ3) is 3.40. The predicted octanol–water partition coefficient (Wildman–Crippen LogP) is 3.96. The largest absolute Gasteiger partial charge is 0.493 e. The first kappa shape index (κ1) is 16.9.